The number of benzene rings is 2. The molecule has 0 saturated carbocycles. The topological polar surface area (TPSA) is 78.2 Å². The van der Waals surface area contributed by atoms with Gasteiger partial charge in [0.25, 0.3) is 0 Å². The molecule has 12 heteroatoms. The molecule has 4 aliphatic heterocycles. The maximum absolute atomic E-state index is 14.4. The van der Waals surface area contributed by atoms with E-state index in [1.54, 1.807) is 48.0 Å². The Morgan fingerprint density at radius 2 is 1.82 bits per heavy atom. The first-order valence-electron chi connectivity index (χ1n) is 12.3. The van der Waals surface area contributed by atoms with E-state index in [0.29, 0.717) is 47.1 Å². The van der Waals surface area contributed by atoms with Gasteiger partial charge in [0.1, 0.15) is 5.82 Å². The van der Waals surface area contributed by atoms with E-state index in [-0.39, 0.29) is 22.7 Å². The summed E-state index contributed by atoms with van der Waals surface area (Å²) < 4.78 is 66.1. The fraction of sp³-hybridized carbons (Fsp3) is 0.333. The second-order valence-corrected chi connectivity index (χ2v) is 12.0. The van der Waals surface area contributed by atoms with E-state index < -0.39 is 22.8 Å². The van der Waals surface area contributed by atoms with Gasteiger partial charge in [-0.2, -0.15) is 0 Å². The number of rotatable bonds is 3. The fourth-order valence-corrected chi connectivity index (χ4v) is 7.44. The molecule has 2 fully saturated rings. The lowest BCUT2D eigenvalue weighted by Gasteiger charge is -2.50. The first-order chi connectivity index (χ1) is 18.5. The minimum atomic E-state index is -3.83. The minimum absolute atomic E-state index is 0.0967. The zero-order valence-corrected chi connectivity index (χ0v) is 21.8. The van der Waals surface area contributed by atoms with Crippen molar-refractivity contribution in [3.05, 3.63) is 77.1 Å². The molecule has 5 heterocycles. The number of piperidine rings is 1. The molecule has 0 amide bonds. The number of imidazole rings is 1. The predicted molar refractivity (Wildman–Crippen MR) is 136 cm³/mol. The van der Waals surface area contributed by atoms with Crippen LogP contribution in [0.3, 0.4) is 0 Å². The van der Waals surface area contributed by atoms with Gasteiger partial charge in [0.2, 0.25) is 5.72 Å². The summed E-state index contributed by atoms with van der Waals surface area (Å²) in [5.41, 5.74) is 1.58. The van der Waals surface area contributed by atoms with Crippen LogP contribution >= 0.6 is 0 Å². The number of halogens is 3. The lowest BCUT2D eigenvalue weighted by atomic mass is 9.78. The van der Waals surface area contributed by atoms with Crippen molar-refractivity contribution in [3.8, 4) is 17.2 Å². The molecule has 8 nitrogen and oxygen atoms in total. The number of aryl methyl sites for hydroxylation is 1. The fourth-order valence-electron chi connectivity index (χ4n) is 5.77. The molecule has 1 spiro atoms. The first kappa shape index (κ1) is 24.3. The Kier molecular flexibility index (Phi) is 5.04. The smallest absolute Gasteiger partial charge is 0.395 e. The Balaban J connectivity index is 1.32. The molecule has 3 aromatic rings. The SMILES string of the molecule is Cc1cn(-c2ccc(C=C3CC4(CN5C3=NOC5(C)c3ccc(F)cc3)CS(=O)C4)c3c2OC(F)(F)O3)cn1. The molecule has 1 atom stereocenters. The van der Waals surface area contributed by atoms with E-state index in [0.717, 1.165) is 11.3 Å². The summed E-state index contributed by atoms with van der Waals surface area (Å²) in [6.07, 6.45) is 1.67. The van der Waals surface area contributed by atoms with Gasteiger partial charge >= 0.3 is 6.29 Å². The second-order valence-electron chi connectivity index (χ2n) is 10.6. The third kappa shape index (κ3) is 3.83. The maximum Gasteiger partial charge on any atom is 0.586 e. The van der Waals surface area contributed by atoms with E-state index in [9.17, 15) is 17.4 Å². The minimum Gasteiger partial charge on any atom is -0.395 e. The molecule has 7 rings (SSSR count). The summed E-state index contributed by atoms with van der Waals surface area (Å²) in [4.78, 5) is 12.1. The van der Waals surface area contributed by atoms with Crippen molar-refractivity contribution in [1.82, 2.24) is 14.5 Å². The average molecular weight is 557 g/mol. The Bertz CT molecular complexity index is 1590. The van der Waals surface area contributed by atoms with Crippen LogP contribution in [0.1, 0.15) is 30.2 Å². The highest BCUT2D eigenvalue weighted by Crippen LogP contribution is 2.51. The molecule has 1 aromatic heterocycles. The largest absolute Gasteiger partial charge is 0.586 e. The van der Waals surface area contributed by atoms with E-state index >= 15 is 0 Å². The first-order valence-corrected chi connectivity index (χ1v) is 13.8. The number of nitrogens with zero attached hydrogens (tertiary/aromatic N) is 4. The van der Waals surface area contributed by atoms with Crippen LogP contribution in [0.15, 0.2) is 59.7 Å². The molecule has 0 radical (unpaired) electrons. The van der Waals surface area contributed by atoms with E-state index in [4.69, 9.17) is 14.3 Å². The van der Waals surface area contributed by atoms with Gasteiger partial charge in [0.15, 0.2) is 17.3 Å². The van der Waals surface area contributed by atoms with Gasteiger partial charge in [-0.05, 0) is 49.3 Å². The van der Waals surface area contributed by atoms with Crippen LogP contribution in [-0.4, -0.2) is 48.8 Å². The Morgan fingerprint density at radius 3 is 2.51 bits per heavy atom. The van der Waals surface area contributed by atoms with Crippen LogP contribution in [-0.2, 0) is 21.4 Å². The van der Waals surface area contributed by atoms with E-state index in [1.807, 2.05) is 11.8 Å². The van der Waals surface area contributed by atoms with Crippen LogP contribution in [0, 0.1) is 18.2 Å². The van der Waals surface area contributed by atoms with Gasteiger partial charge in [0, 0.05) is 58.5 Å². The molecule has 202 valence electrons. The monoisotopic (exact) mass is 556 g/mol. The normalized spacial score (nSPS) is 29.3. The van der Waals surface area contributed by atoms with Crippen LogP contribution in [0.2, 0.25) is 0 Å². The third-order valence-corrected chi connectivity index (χ3v) is 9.49. The number of fused-ring (bicyclic) bond motifs is 2. The average Bonchev–Trinajstić information content (AvgIpc) is 3.54. The van der Waals surface area contributed by atoms with Crippen LogP contribution in [0.5, 0.6) is 11.5 Å². The zero-order chi connectivity index (χ0) is 27.2. The molecule has 0 aliphatic carbocycles. The summed E-state index contributed by atoms with van der Waals surface area (Å²) in [6, 6.07) is 9.37. The van der Waals surface area contributed by atoms with Crippen molar-refractivity contribution in [3.63, 3.8) is 0 Å². The van der Waals surface area contributed by atoms with Crippen molar-refractivity contribution in [2.45, 2.75) is 32.3 Å². The van der Waals surface area contributed by atoms with E-state index in [2.05, 4.69) is 10.1 Å². The number of oxime groups is 1. The number of amidine groups is 1. The van der Waals surface area contributed by atoms with Crippen molar-refractivity contribution < 1.29 is 31.7 Å². The van der Waals surface area contributed by atoms with Crippen LogP contribution in [0.25, 0.3) is 11.8 Å². The van der Waals surface area contributed by atoms with E-state index in [1.165, 1.54) is 18.5 Å². The van der Waals surface area contributed by atoms with Crippen molar-refractivity contribution >= 4 is 22.7 Å². The quantitative estimate of drug-likeness (QED) is 0.466. The number of ether oxygens (including phenoxy) is 2. The van der Waals surface area contributed by atoms with Gasteiger partial charge in [-0.25, -0.2) is 9.37 Å². The van der Waals surface area contributed by atoms with Gasteiger partial charge in [-0.3, -0.25) is 4.21 Å². The molecule has 4 aliphatic rings. The summed E-state index contributed by atoms with van der Waals surface area (Å²) in [6.45, 7) is 4.18. The van der Waals surface area contributed by atoms with Gasteiger partial charge < -0.3 is 23.8 Å². The van der Waals surface area contributed by atoms with Gasteiger partial charge in [0.05, 0.1) is 17.7 Å². The summed E-state index contributed by atoms with van der Waals surface area (Å²) in [5.74, 6) is 0.984. The van der Waals surface area contributed by atoms with Crippen LogP contribution in [0.4, 0.5) is 13.2 Å². The Hall–Kier alpha value is -3.80. The molecular weight excluding hydrogens is 533 g/mol. The molecule has 0 N–H and O–H groups in total. The Morgan fingerprint density at radius 1 is 1.08 bits per heavy atom. The highest BCUT2D eigenvalue weighted by molar-refractivity contribution is 7.86. The highest BCUT2D eigenvalue weighted by Gasteiger charge is 2.56. The molecular formula is C27H23F3N4O4S. The second kappa shape index (κ2) is 8.10. The van der Waals surface area contributed by atoms with Crippen molar-refractivity contribution in [2.75, 3.05) is 18.1 Å². The summed E-state index contributed by atoms with van der Waals surface area (Å²) in [7, 11) is -0.939. The van der Waals surface area contributed by atoms with Crippen molar-refractivity contribution in [2.24, 2.45) is 10.6 Å². The molecule has 2 saturated heterocycles. The van der Waals surface area contributed by atoms with Crippen LogP contribution < -0.4 is 9.47 Å². The maximum atomic E-state index is 14.4. The molecule has 0 bridgehead atoms. The molecule has 1 unspecified atom stereocenters. The van der Waals surface area contributed by atoms with Gasteiger partial charge in [-0.1, -0.05) is 17.3 Å². The highest BCUT2D eigenvalue weighted by atomic mass is 32.2. The lowest BCUT2D eigenvalue weighted by Crippen LogP contribution is -2.60. The molecule has 2 aromatic carbocycles. The number of alkyl halides is 2. The number of aromatic nitrogens is 2. The molecule has 39 heavy (non-hydrogen) atoms. The lowest BCUT2D eigenvalue weighted by molar-refractivity contribution is -0.286. The predicted octanol–water partition coefficient (Wildman–Crippen LogP) is 4.70. The number of hydrogen-bond donors (Lipinski definition) is 0. The zero-order valence-electron chi connectivity index (χ0n) is 21.0. The van der Waals surface area contributed by atoms with Gasteiger partial charge in [-0.15, -0.1) is 8.78 Å². The standard InChI is InChI=1S/C27H23F3N4O4S/c1-16-11-33(15-31-16)21-8-3-17(22-23(21)37-27(29,30)36-22)9-18-10-26(13-39(35)14-26)12-34-24(18)32-38-25(34,2)19-4-6-20(28)7-5-19/h3-9,11,15H,10,12-14H2,1-2H3. The number of hydrogen-bond acceptors (Lipinski definition) is 7. The van der Waals surface area contributed by atoms with Crippen molar-refractivity contribution in [1.29, 1.82) is 0 Å². The summed E-state index contributed by atoms with van der Waals surface area (Å²) >= 11 is 0. The summed E-state index contributed by atoms with van der Waals surface area (Å²) in [5, 5.41) is 4.39. The Labute approximate surface area is 224 Å². The third-order valence-electron chi connectivity index (χ3n) is 7.62.